The van der Waals surface area contributed by atoms with Crippen LogP contribution >= 0.6 is 15.9 Å². The summed E-state index contributed by atoms with van der Waals surface area (Å²) in [5, 5.41) is 3.99. The van der Waals surface area contributed by atoms with E-state index in [0.29, 0.717) is 23.3 Å². The first-order valence-electron chi connectivity index (χ1n) is 6.88. The molecular formula is C14H19BrN4O. The van der Waals surface area contributed by atoms with Gasteiger partial charge in [0, 0.05) is 17.1 Å². The van der Waals surface area contributed by atoms with Crippen LogP contribution in [0.15, 0.2) is 27.3 Å². The fraction of sp³-hybridized carbons (Fsp3) is 0.500. The predicted molar refractivity (Wildman–Crippen MR) is 81.0 cm³/mol. The summed E-state index contributed by atoms with van der Waals surface area (Å²) in [5.41, 5.74) is 6.31. The molecule has 20 heavy (non-hydrogen) atoms. The minimum Gasteiger partial charge on any atom is -0.339 e. The van der Waals surface area contributed by atoms with Crippen LogP contribution in [0, 0.1) is 5.92 Å². The molecule has 2 aromatic rings. The van der Waals surface area contributed by atoms with Crippen LogP contribution in [-0.2, 0) is 6.42 Å². The second kappa shape index (κ2) is 7.50. The van der Waals surface area contributed by atoms with Crippen LogP contribution in [0.3, 0.4) is 0 Å². The molecule has 2 heterocycles. The van der Waals surface area contributed by atoms with Crippen LogP contribution in [0.25, 0.3) is 11.5 Å². The molecule has 6 heteroatoms. The molecule has 0 saturated heterocycles. The van der Waals surface area contributed by atoms with Crippen molar-refractivity contribution in [2.24, 2.45) is 11.7 Å². The van der Waals surface area contributed by atoms with Crippen molar-refractivity contribution in [3.8, 4) is 11.5 Å². The van der Waals surface area contributed by atoms with Gasteiger partial charge in [-0.1, -0.05) is 18.5 Å². The molecule has 0 saturated carbocycles. The van der Waals surface area contributed by atoms with Crippen LogP contribution in [0.1, 0.15) is 32.1 Å². The Kier molecular flexibility index (Phi) is 5.67. The Morgan fingerprint density at radius 3 is 2.95 bits per heavy atom. The zero-order chi connectivity index (χ0) is 14.4. The maximum atomic E-state index is 5.61. The van der Waals surface area contributed by atoms with E-state index in [2.05, 4.69) is 38.0 Å². The van der Waals surface area contributed by atoms with Crippen molar-refractivity contribution in [1.82, 2.24) is 15.1 Å². The van der Waals surface area contributed by atoms with E-state index in [1.165, 1.54) is 0 Å². The number of nitrogens with two attached hydrogens (primary N) is 1. The Bertz CT molecular complexity index is 543. The van der Waals surface area contributed by atoms with Crippen molar-refractivity contribution in [2.75, 3.05) is 6.54 Å². The highest BCUT2D eigenvalue weighted by atomic mass is 79.9. The maximum absolute atomic E-state index is 5.61. The highest BCUT2D eigenvalue weighted by Gasteiger charge is 2.14. The van der Waals surface area contributed by atoms with Crippen molar-refractivity contribution in [3.63, 3.8) is 0 Å². The Labute approximate surface area is 127 Å². The first-order chi connectivity index (χ1) is 9.74. The van der Waals surface area contributed by atoms with Gasteiger partial charge in [-0.15, -0.1) is 0 Å². The minimum atomic E-state index is 0.527. The molecule has 0 amide bonds. The van der Waals surface area contributed by atoms with Gasteiger partial charge < -0.3 is 10.3 Å². The van der Waals surface area contributed by atoms with E-state index in [9.17, 15) is 0 Å². The lowest BCUT2D eigenvalue weighted by Gasteiger charge is -2.11. The molecule has 1 unspecified atom stereocenters. The van der Waals surface area contributed by atoms with Gasteiger partial charge in [0.05, 0.1) is 0 Å². The summed E-state index contributed by atoms with van der Waals surface area (Å²) in [6.07, 6.45) is 5.70. The van der Waals surface area contributed by atoms with Gasteiger partial charge in [-0.05, 0) is 53.4 Å². The molecule has 0 aliphatic heterocycles. The summed E-state index contributed by atoms with van der Waals surface area (Å²) in [7, 11) is 0. The molecule has 0 aliphatic rings. The molecule has 2 aromatic heterocycles. The van der Waals surface area contributed by atoms with Crippen molar-refractivity contribution in [1.29, 1.82) is 0 Å². The lowest BCUT2D eigenvalue weighted by Crippen LogP contribution is -2.09. The fourth-order valence-electron chi connectivity index (χ4n) is 2.12. The number of rotatable bonds is 7. The lowest BCUT2D eigenvalue weighted by molar-refractivity contribution is 0.354. The second-order valence-electron chi connectivity index (χ2n) is 4.74. The zero-order valence-corrected chi connectivity index (χ0v) is 13.1. The van der Waals surface area contributed by atoms with Gasteiger partial charge in [0.15, 0.2) is 0 Å². The third-order valence-electron chi connectivity index (χ3n) is 3.36. The van der Waals surface area contributed by atoms with Gasteiger partial charge in [-0.25, -0.2) is 0 Å². The van der Waals surface area contributed by atoms with Crippen molar-refractivity contribution < 1.29 is 4.52 Å². The summed E-state index contributed by atoms with van der Waals surface area (Å²) >= 11 is 3.44. The molecular weight excluding hydrogens is 320 g/mol. The van der Waals surface area contributed by atoms with Gasteiger partial charge in [0.1, 0.15) is 5.69 Å². The predicted octanol–water partition coefficient (Wildman–Crippen LogP) is 3.20. The van der Waals surface area contributed by atoms with Crippen LogP contribution in [0.5, 0.6) is 0 Å². The molecule has 1 atom stereocenters. The van der Waals surface area contributed by atoms with Crippen molar-refractivity contribution >= 4 is 15.9 Å². The summed E-state index contributed by atoms with van der Waals surface area (Å²) in [4.78, 5) is 8.66. The maximum Gasteiger partial charge on any atom is 0.227 e. The third kappa shape index (κ3) is 3.86. The van der Waals surface area contributed by atoms with E-state index in [1.54, 1.807) is 6.20 Å². The average Bonchev–Trinajstić information content (AvgIpc) is 2.92. The largest absolute Gasteiger partial charge is 0.339 e. The number of hydrogen-bond acceptors (Lipinski definition) is 5. The number of hydrogen-bond donors (Lipinski definition) is 1. The van der Waals surface area contributed by atoms with Gasteiger partial charge in [0.25, 0.3) is 0 Å². The van der Waals surface area contributed by atoms with Gasteiger partial charge in [-0.3, -0.25) is 4.98 Å². The Morgan fingerprint density at radius 1 is 1.40 bits per heavy atom. The molecule has 2 N–H and O–H groups in total. The minimum absolute atomic E-state index is 0.527. The molecule has 0 fully saturated rings. The summed E-state index contributed by atoms with van der Waals surface area (Å²) in [6, 6.07) is 3.76. The Morgan fingerprint density at radius 2 is 2.25 bits per heavy atom. The quantitative estimate of drug-likeness (QED) is 0.838. The van der Waals surface area contributed by atoms with E-state index in [1.807, 2.05) is 12.1 Å². The standard InChI is InChI=1S/C14H19BrN4O/c1-2-10(7-8-16)5-6-12-18-14(19-20-12)13-11(15)4-3-9-17-13/h3-4,9-10H,2,5-8,16H2,1H3. The summed E-state index contributed by atoms with van der Waals surface area (Å²) in [5.74, 6) is 1.81. The lowest BCUT2D eigenvalue weighted by atomic mass is 9.97. The van der Waals surface area contributed by atoms with E-state index >= 15 is 0 Å². The molecule has 0 spiro atoms. The van der Waals surface area contributed by atoms with Crippen LogP contribution < -0.4 is 5.73 Å². The Balaban J connectivity index is 2.01. The first-order valence-corrected chi connectivity index (χ1v) is 7.67. The Hall–Kier alpha value is -1.27. The third-order valence-corrected chi connectivity index (χ3v) is 4.00. The monoisotopic (exact) mass is 338 g/mol. The number of nitrogens with zero attached hydrogens (tertiary/aromatic N) is 3. The van der Waals surface area contributed by atoms with E-state index in [4.69, 9.17) is 10.3 Å². The van der Waals surface area contributed by atoms with Gasteiger partial charge in [-0.2, -0.15) is 4.98 Å². The molecule has 0 radical (unpaired) electrons. The molecule has 5 nitrogen and oxygen atoms in total. The second-order valence-corrected chi connectivity index (χ2v) is 5.59. The van der Waals surface area contributed by atoms with E-state index < -0.39 is 0 Å². The molecule has 0 bridgehead atoms. The van der Waals surface area contributed by atoms with Gasteiger partial charge >= 0.3 is 0 Å². The normalized spacial score (nSPS) is 12.6. The molecule has 108 valence electrons. The van der Waals surface area contributed by atoms with Crippen LogP contribution in [0.4, 0.5) is 0 Å². The van der Waals surface area contributed by atoms with Crippen LogP contribution in [-0.4, -0.2) is 21.7 Å². The number of halogens is 1. The molecule has 2 rings (SSSR count). The molecule has 0 aromatic carbocycles. The fourth-order valence-corrected chi connectivity index (χ4v) is 2.55. The molecule has 0 aliphatic carbocycles. The average molecular weight is 339 g/mol. The summed E-state index contributed by atoms with van der Waals surface area (Å²) in [6.45, 7) is 2.92. The van der Waals surface area contributed by atoms with Gasteiger partial charge in [0.2, 0.25) is 11.7 Å². The number of aryl methyl sites for hydroxylation is 1. The SMILES string of the molecule is CCC(CCN)CCc1nc(-c2ncccc2Br)no1. The summed E-state index contributed by atoms with van der Waals surface area (Å²) < 4.78 is 6.16. The first kappa shape index (κ1) is 15.1. The van der Waals surface area contributed by atoms with E-state index in [-0.39, 0.29) is 0 Å². The smallest absolute Gasteiger partial charge is 0.227 e. The zero-order valence-electron chi connectivity index (χ0n) is 11.6. The van der Waals surface area contributed by atoms with E-state index in [0.717, 1.165) is 36.7 Å². The number of aromatic nitrogens is 3. The topological polar surface area (TPSA) is 77.8 Å². The van der Waals surface area contributed by atoms with Crippen molar-refractivity contribution in [3.05, 3.63) is 28.7 Å². The van der Waals surface area contributed by atoms with Crippen molar-refractivity contribution in [2.45, 2.75) is 32.6 Å². The number of pyridine rings is 1. The highest BCUT2D eigenvalue weighted by Crippen LogP contribution is 2.23. The van der Waals surface area contributed by atoms with Crippen LogP contribution in [0.2, 0.25) is 0 Å². The highest BCUT2D eigenvalue weighted by molar-refractivity contribution is 9.10.